The second kappa shape index (κ2) is 9.13. The highest BCUT2D eigenvalue weighted by Gasteiger charge is 2.23. The van der Waals surface area contributed by atoms with Gasteiger partial charge in [-0.1, -0.05) is 12.1 Å². The zero-order chi connectivity index (χ0) is 22.7. The molecule has 0 aliphatic carbocycles. The average molecular weight is 436 g/mol. The van der Waals surface area contributed by atoms with Gasteiger partial charge in [-0.3, -0.25) is 9.69 Å². The van der Waals surface area contributed by atoms with Crippen LogP contribution in [0.3, 0.4) is 0 Å². The van der Waals surface area contributed by atoms with Gasteiger partial charge in [0.1, 0.15) is 17.9 Å². The van der Waals surface area contributed by atoms with Gasteiger partial charge in [-0.05, 0) is 48.7 Å². The minimum Gasteiger partial charge on any atom is -0.497 e. The molecule has 2 amide bonds. The molecule has 2 aromatic carbocycles. The summed E-state index contributed by atoms with van der Waals surface area (Å²) in [5.74, 6) is 0.433. The normalized spacial score (nSPS) is 13.3. The maximum absolute atomic E-state index is 12.5. The Bertz CT molecular complexity index is 1230. The number of aryl methyl sites for hydroxylation is 1. The minimum absolute atomic E-state index is 0.158. The predicted octanol–water partition coefficient (Wildman–Crippen LogP) is 3.32. The van der Waals surface area contributed by atoms with E-state index in [9.17, 15) is 14.4 Å². The fraction of sp³-hybridized carbons (Fsp3) is 0.292. The van der Waals surface area contributed by atoms with E-state index in [1.807, 2.05) is 43.3 Å². The second-order valence-electron chi connectivity index (χ2n) is 7.57. The molecule has 8 heteroatoms. The number of cyclic esters (lactones) is 1. The van der Waals surface area contributed by atoms with Gasteiger partial charge in [0, 0.05) is 35.7 Å². The van der Waals surface area contributed by atoms with Gasteiger partial charge in [0.2, 0.25) is 5.91 Å². The lowest BCUT2D eigenvalue weighted by Crippen LogP contribution is -2.25. The molecule has 1 aliphatic heterocycles. The van der Waals surface area contributed by atoms with Crippen LogP contribution < -0.4 is 20.6 Å². The van der Waals surface area contributed by atoms with Crippen molar-refractivity contribution in [2.24, 2.45) is 0 Å². The largest absolute Gasteiger partial charge is 0.497 e. The first-order valence-corrected chi connectivity index (χ1v) is 10.4. The average Bonchev–Trinajstić information content (AvgIpc) is 3.23. The molecule has 1 aromatic heterocycles. The molecule has 0 radical (unpaired) electrons. The summed E-state index contributed by atoms with van der Waals surface area (Å²) in [5.41, 5.74) is 2.92. The highest BCUT2D eigenvalue weighted by molar-refractivity contribution is 5.89. The van der Waals surface area contributed by atoms with Gasteiger partial charge in [-0.25, -0.2) is 9.59 Å². The van der Waals surface area contributed by atoms with Gasteiger partial charge >= 0.3 is 11.7 Å². The van der Waals surface area contributed by atoms with Crippen LogP contribution in [-0.2, 0) is 22.5 Å². The summed E-state index contributed by atoms with van der Waals surface area (Å²) >= 11 is 0. The zero-order valence-electron chi connectivity index (χ0n) is 18.0. The number of rotatable bonds is 7. The van der Waals surface area contributed by atoms with Crippen molar-refractivity contribution in [1.29, 1.82) is 0 Å². The van der Waals surface area contributed by atoms with E-state index >= 15 is 0 Å². The Morgan fingerprint density at radius 3 is 2.78 bits per heavy atom. The molecule has 1 saturated heterocycles. The number of fused-ring (bicyclic) bond motifs is 1. The van der Waals surface area contributed by atoms with Gasteiger partial charge < -0.3 is 19.2 Å². The van der Waals surface area contributed by atoms with Crippen LogP contribution in [0.2, 0.25) is 0 Å². The number of hydrogen-bond acceptors (Lipinski definition) is 6. The Kier molecular flexibility index (Phi) is 6.11. The number of anilines is 1. The van der Waals surface area contributed by atoms with E-state index < -0.39 is 5.63 Å². The van der Waals surface area contributed by atoms with E-state index in [0.717, 1.165) is 22.2 Å². The molecule has 1 N–H and O–H groups in total. The quantitative estimate of drug-likeness (QED) is 0.571. The molecule has 0 unspecified atom stereocenters. The topological polar surface area (TPSA) is 98.1 Å². The molecule has 1 aliphatic rings. The fourth-order valence-electron chi connectivity index (χ4n) is 3.78. The van der Waals surface area contributed by atoms with Crippen molar-refractivity contribution in [2.75, 3.05) is 25.2 Å². The summed E-state index contributed by atoms with van der Waals surface area (Å²) in [5, 5.41) is 3.68. The number of carbonyl (C=O) groups is 2. The van der Waals surface area contributed by atoms with Gasteiger partial charge in [0.15, 0.2) is 0 Å². The Morgan fingerprint density at radius 2 is 2.03 bits per heavy atom. The molecule has 0 saturated carbocycles. The van der Waals surface area contributed by atoms with Gasteiger partial charge in [-0.15, -0.1) is 0 Å². The summed E-state index contributed by atoms with van der Waals surface area (Å²) in [6, 6.07) is 12.7. The van der Waals surface area contributed by atoms with Crippen LogP contribution in [0.4, 0.5) is 10.5 Å². The summed E-state index contributed by atoms with van der Waals surface area (Å²) in [7, 11) is 1.55. The summed E-state index contributed by atoms with van der Waals surface area (Å²) in [6.07, 6.45) is 0.0711. The molecule has 166 valence electrons. The van der Waals surface area contributed by atoms with Crippen LogP contribution in [0.1, 0.15) is 23.1 Å². The van der Waals surface area contributed by atoms with E-state index in [1.165, 1.54) is 0 Å². The van der Waals surface area contributed by atoms with Crippen molar-refractivity contribution in [3.63, 3.8) is 0 Å². The number of nitrogens with one attached hydrogen (secondary N) is 1. The number of amides is 2. The number of carbonyl (C=O) groups excluding carboxylic acids is 2. The van der Waals surface area contributed by atoms with Gasteiger partial charge in [-0.2, -0.15) is 0 Å². The minimum atomic E-state index is -0.443. The Hall–Kier alpha value is -3.81. The number of hydrogen-bond donors (Lipinski definition) is 1. The second-order valence-corrected chi connectivity index (χ2v) is 7.57. The fourth-order valence-corrected chi connectivity index (χ4v) is 3.78. The predicted molar refractivity (Wildman–Crippen MR) is 119 cm³/mol. The SMILES string of the molecule is COc1ccc2c(C)c(CCC(=O)NCc3cccc(N4CCOC4=O)c3)c(=O)oc2c1. The lowest BCUT2D eigenvalue weighted by atomic mass is 10.0. The summed E-state index contributed by atoms with van der Waals surface area (Å²) < 4.78 is 15.6. The monoisotopic (exact) mass is 436 g/mol. The molecule has 0 atom stereocenters. The number of methoxy groups -OCH3 is 1. The van der Waals surface area contributed by atoms with E-state index in [2.05, 4.69) is 5.32 Å². The highest BCUT2D eigenvalue weighted by atomic mass is 16.6. The van der Waals surface area contributed by atoms with E-state index in [-0.39, 0.29) is 24.8 Å². The Labute approximate surface area is 184 Å². The molecule has 32 heavy (non-hydrogen) atoms. The van der Waals surface area contributed by atoms with Crippen LogP contribution in [0.25, 0.3) is 11.0 Å². The van der Waals surface area contributed by atoms with E-state index in [0.29, 0.717) is 36.6 Å². The van der Waals surface area contributed by atoms with E-state index in [1.54, 1.807) is 18.1 Å². The Morgan fingerprint density at radius 1 is 1.19 bits per heavy atom. The van der Waals surface area contributed by atoms with Crippen molar-refractivity contribution in [1.82, 2.24) is 5.32 Å². The van der Waals surface area contributed by atoms with E-state index in [4.69, 9.17) is 13.9 Å². The van der Waals surface area contributed by atoms with Crippen LogP contribution in [0.15, 0.2) is 51.7 Å². The maximum atomic E-state index is 12.5. The van der Waals surface area contributed by atoms with Crippen LogP contribution in [0.5, 0.6) is 5.75 Å². The van der Waals surface area contributed by atoms with Crippen molar-refractivity contribution in [2.45, 2.75) is 26.3 Å². The summed E-state index contributed by atoms with van der Waals surface area (Å²) in [4.78, 5) is 38.2. The lowest BCUT2D eigenvalue weighted by Gasteiger charge is -2.14. The standard InChI is InChI=1S/C24H24N2O6/c1-15-19-7-6-18(30-2)13-21(19)32-23(28)20(15)8-9-22(27)25-14-16-4-3-5-17(12-16)26-10-11-31-24(26)29/h3-7,12-13H,8-11,14H2,1-2H3,(H,25,27). The molecule has 4 rings (SSSR count). The molecule has 2 heterocycles. The van der Waals surface area contributed by atoms with Crippen molar-refractivity contribution < 1.29 is 23.5 Å². The third-order valence-corrected chi connectivity index (χ3v) is 5.57. The zero-order valence-corrected chi connectivity index (χ0v) is 18.0. The number of benzene rings is 2. The summed E-state index contributed by atoms with van der Waals surface area (Å²) in [6.45, 7) is 3.05. The van der Waals surface area contributed by atoms with Crippen LogP contribution in [0, 0.1) is 6.92 Å². The first-order valence-electron chi connectivity index (χ1n) is 10.4. The molecule has 1 fully saturated rings. The van der Waals surface area contributed by atoms with Crippen molar-refractivity contribution in [3.05, 3.63) is 69.6 Å². The Balaban J connectivity index is 1.39. The van der Waals surface area contributed by atoms with Gasteiger partial charge in [0.05, 0.1) is 13.7 Å². The maximum Gasteiger partial charge on any atom is 0.414 e. The molecular formula is C24H24N2O6. The number of ether oxygens (including phenoxy) is 2. The third-order valence-electron chi connectivity index (χ3n) is 5.57. The first kappa shape index (κ1) is 21.4. The van der Waals surface area contributed by atoms with Crippen LogP contribution in [-0.4, -0.2) is 32.3 Å². The van der Waals surface area contributed by atoms with Crippen molar-refractivity contribution >= 4 is 28.7 Å². The van der Waals surface area contributed by atoms with Crippen molar-refractivity contribution in [3.8, 4) is 5.75 Å². The lowest BCUT2D eigenvalue weighted by molar-refractivity contribution is -0.121. The van der Waals surface area contributed by atoms with Gasteiger partial charge in [0.25, 0.3) is 0 Å². The third kappa shape index (κ3) is 4.44. The smallest absolute Gasteiger partial charge is 0.414 e. The van der Waals surface area contributed by atoms with Crippen LogP contribution >= 0.6 is 0 Å². The molecular weight excluding hydrogens is 412 g/mol. The molecule has 8 nitrogen and oxygen atoms in total. The first-order chi connectivity index (χ1) is 15.5. The molecule has 3 aromatic rings. The molecule has 0 bridgehead atoms. The highest BCUT2D eigenvalue weighted by Crippen LogP contribution is 2.24. The molecule has 0 spiro atoms. The number of nitrogens with zero attached hydrogens (tertiary/aromatic N) is 1.